The van der Waals surface area contributed by atoms with E-state index in [9.17, 15) is 5.53 Å². The van der Waals surface area contributed by atoms with Crippen molar-refractivity contribution in [2.45, 2.75) is 235 Å². The fraction of sp³-hybridized carbons (Fsp3) is 0.667. The third kappa shape index (κ3) is 14.3. The van der Waals surface area contributed by atoms with E-state index in [-0.39, 0.29) is 0 Å². The van der Waals surface area contributed by atoms with Crippen molar-refractivity contribution >= 4 is 11.4 Å². The molecule has 0 aromatic heterocycles. The third-order valence-corrected chi connectivity index (χ3v) is 12.3. The number of hydrogen-bond acceptors (Lipinski definition) is 0. The molecule has 0 atom stereocenters. The average Bonchev–Trinajstić information content (AvgIpc) is 3.48. The van der Waals surface area contributed by atoms with E-state index >= 15 is 0 Å². The Balaban J connectivity index is 2.39. The van der Waals surface area contributed by atoms with Crippen LogP contribution >= 0.6 is 0 Å². The van der Waals surface area contributed by atoms with Gasteiger partial charge in [-0.15, -0.1) is 0 Å². The third-order valence-electron chi connectivity index (χ3n) is 12.3. The summed E-state index contributed by atoms with van der Waals surface area (Å²) in [6, 6.07) is 10.1. The molecule has 0 radical (unpaired) electrons. The summed E-state index contributed by atoms with van der Waals surface area (Å²) in [6.45, 7) is 18.5. The van der Waals surface area contributed by atoms with E-state index in [0.717, 1.165) is 62.8 Å². The first kappa shape index (κ1) is 47.6. The van der Waals surface area contributed by atoms with Gasteiger partial charge in [0, 0.05) is 16.7 Å². The van der Waals surface area contributed by atoms with E-state index < -0.39 is 0 Å². The zero-order chi connectivity index (χ0) is 40.5. The van der Waals surface area contributed by atoms with Crippen LogP contribution in [0.4, 0.5) is 0 Å². The highest BCUT2D eigenvalue weighted by molar-refractivity contribution is 5.85. The van der Waals surface area contributed by atoms with E-state index in [2.05, 4.69) is 91.8 Å². The Morgan fingerprint density at radius 2 is 0.768 bits per heavy atom. The van der Waals surface area contributed by atoms with Gasteiger partial charge in [0.2, 0.25) is 11.4 Å². The molecule has 312 valence electrons. The monoisotopic (exact) mass is 763 g/mol. The van der Waals surface area contributed by atoms with Crippen LogP contribution in [0.15, 0.2) is 47.6 Å². The molecule has 0 bridgehead atoms. The smallest absolute Gasteiger partial charge is 0.215 e. The molecule has 1 heterocycles. The molecule has 3 rings (SSSR count). The van der Waals surface area contributed by atoms with Crippen molar-refractivity contribution in [3.05, 3.63) is 97.6 Å². The highest BCUT2D eigenvalue weighted by Crippen LogP contribution is 2.45. The van der Waals surface area contributed by atoms with Gasteiger partial charge in [0.15, 0.2) is 0 Å². The number of aryl methyl sites for hydroxylation is 4. The lowest BCUT2D eigenvalue weighted by Gasteiger charge is -2.20. The topological polar surface area (TPSA) is 25.3 Å². The molecule has 0 N–H and O–H groups in total. The van der Waals surface area contributed by atoms with Gasteiger partial charge in [-0.25, -0.2) is 4.70 Å². The second kappa shape index (κ2) is 27.8. The van der Waals surface area contributed by atoms with Crippen molar-refractivity contribution in [3.8, 4) is 0 Å². The molecule has 0 fully saturated rings. The molecule has 0 saturated carbocycles. The fourth-order valence-electron chi connectivity index (χ4n) is 8.87. The Morgan fingerprint density at radius 3 is 1.23 bits per heavy atom. The van der Waals surface area contributed by atoms with Gasteiger partial charge in [-0.1, -0.05) is 145 Å². The lowest BCUT2D eigenvalue weighted by molar-refractivity contribution is -0.345. The van der Waals surface area contributed by atoms with Gasteiger partial charge >= 0.3 is 0 Å². The van der Waals surface area contributed by atoms with Crippen LogP contribution in [0.5, 0.6) is 0 Å². The number of unbranched alkanes of at least 4 members (excludes halogenated alkanes) is 13. The van der Waals surface area contributed by atoms with Crippen LogP contribution in [0.1, 0.15) is 241 Å². The standard InChI is InChI=1S/C54H86N2/c1-9-17-25-26-30-38-52-51(36-24-16-8)53(47-39-43(31-21-13-5)49(35-23-15-7)44(40-47)32-22-14-6)56(55)54(52)48-41-45(33-27-18-10-2)50(37-29-20-12-4)46(42-48)34-28-19-11-3/h30,38-42H,9-29,31-37H2,1-8H3. The van der Waals surface area contributed by atoms with Crippen molar-refractivity contribution in [2.75, 3.05) is 0 Å². The second-order valence-electron chi connectivity index (χ2n) is 17.1. The molecule has 0 aliphatic carbocycles. The molecule has 2 aromatic carbocycles. The van der Waals surface area contributed by atoms with Crippen LogP contribution in [0.25, 0.3) is 16.9 Å². The van der Waals surface area contributed by atoms with Crippen molar-refractivity contribution in [1.29, 1.82) is 0 Å². The van der Waals surface area contributed by atoms with Gasteiger partial charge in [0.1, 0.15) is 0 Å². The van der Waals surface area contributed by atoms with Gasteiger partial charge < -0.3 is 5.53 Å². The Morgan fingerprint density at radius 1 is 0.411 bits per heavy atom. The summed E-state index contributed by atoms with van der Waals surface area (Å²) in [5.41, 5.74) is 29.4. The number of hydrogen-bond donors (Lipinski definition) is 0. The first-order valence-electron chi connectivity index (χ1n) is 24.4. The van der Waals surface area contributed by atoms with Crippen LogP contribution in [-0.4, -0.2) is 4.70 Å². The SMILES string of the molecule is CCCCCC=CC1=C(c2cc(CCCCC)c(CCCCC)c(CCCCC)c2)[N+](=[N-])C(c2cc(CCCC)c(CCCC)c(CCCC)c2)=C1CCCC. The van der Waals surface area contributed by atoms with Crippen LogP contribution in [0, 0.1) is 0 Å². The molecule has 1 aliphatic heterocycles. The molecular weight excluding hydrogens is 677 g/mol. The summed E-state index contributed by atoms with van der Waals surface area (Å²) in [5, 5.41) is 0. The Hall–Kier alpha value is -2.74. The number of benzene rings is 2. The minimum Gasteiger partial charge on any atom is -0.493 e. The Bertz CT molecular complexity index is 1490. The fourth-order valence-corrected chi connectivity index (χ4v) is 8.87. The van der Waals surface area contributed by atoms with Crippen LogP contribution in [-0.2, 0) is 38.5 Å². The summed E-state index contributed by atoms with van der Waals surface area (Å²) in [4.78, 5) is 0. The summed E-state index contributed by atoms with van der Waals surface area (Å²) in [6.07, 6.45) is 38.3. The molecule has 2 aromatic rings. The average molecular weight is 763 g/mol. The van der Waals surface area contributed by atoms with E-state index in [1.807, 2.05) is 0 Å². The summed E-state index contributed by atoms with van der Waals surface area (Å²) in [5.74, 6) is 0. The van der Waals surface area contributed by atoms with Gasteiger partial charge in [0.05, 0.1) is 5.57 Å². The molecule has 0 unspecified atom stereocenters. The van der Waals surface area contributed by atoms with Gasteiger partial charge in [-0.2, -0.15) is 0 Å². The van der Waals surface area contributed by atoms with E-state index in [0.29, 0.717) is 0 Å². The predicted octanol–water partition coefficient (Wildman–Crippen LogP) is 17.4. The molecule has 1 aliphatic rings. The van der Waals surface area contributed by atoms with Crippen LogP contribution < -0.4 is 0 Å². The van der Waals surface area contributed by atoms with E-state index in [4.69, 9.17) is 0 Å². The highest BCUT2D eigenvalue weighted by Gasteiger charge is 2.36. The zero-order valence-corrected chi connectivity index (χ0v) is 38.2. The normalized spacial score (nSPS) is 13.4. The largest absolute Gasteiger partial charge is 0.493 e. The number of allylic oxidation sites excluding steroid dienone is 4. The minimum absolute atomic E-state index is 0.981. The number of rotatable bonds is 31. The van der Waals surface area contributed by atoms with Crippen molar-refractivity contribution in [2.24, 2.45) is 0 Å². The van der Waals surface area contributed by atoms with Crippen LogP contribution in [0.2, 0.25) is 0 Å². The maximum atomic E-state index is 12.9. The van der Waals surface area contributed by atoms with E-state index in [1.54, 1.807) is 27.0 Å². The number of nitrogens with zero attached hydrogens (tertiary/aromatic N) is 2. The zero-order valence-electron chi connectivity index (χ0n) is 38.2. The summed E-state index contributed by atoms with van der Waals surface area (Å²) < 4.78 is 1.68. The van der Waals surface area contributed by atoms with Crippen molar-refractivity contribution in [3.63, 3.8) is 0 Å². The maximum Gasteiger partial charge on any atom is 0.215 e. The predicted molar refractivity (Wildman–Crippen MR) is 249 cm³/mol. The minimum atomic E-state index is 0.981. The molecule has 2 heteroatoms. The lowest BCUT2D eigenvalue weighted by atomic mass is 9.86. The van der Waals surface area contributed by atoms with Crippen molar-refractivity contribution in [1.82, 2.24) is 0 Å². The first-order valence-corrected chi connectivity index (χ1v) is 24.4. The summed E-state index contributed by atoms with van der Waals surface area (Å²) in [7, 11) is 0. The lowest BCUT2D eigenvalue weighted by Crippen LogP contribution is -2.09. The highest BCUT2D eigenvalue weighted by atomic mass is 15.2. The van der Waals surface area contributed by atoms with Crippen molar-refractivity contribution < 1.29 is 4.70 Å². The maximum absolute atomic E-state index is 12.9. The quantitative estimate of drug-likeness (QED) is 0.0540. The molecule has 0 saturated heterocycles. The van der Waals surface area contributed by atoms with Gasteiger partial charge in [0.25, 0.3) is 0 Å². The van der Waals surface area contributed by atoms with Crippen LogP contribution in [0.3, 0.4) is 0 Å². The molecule has 0 spiro atoms. The molecular formula is C54H86N2. The molecule has 2 nitrogen and oxygen atoms in total. The Labute approximate surface area is 347 Å². The Kier molecular flexibility index (Phi) is 23.7. The first-order chi connectivity index (χ1) is 27.4. The van der Waals surface area contributed by atoms with Gasteiger partial charge in [-0.3, -0.25) is 0 Å². The molecule has 56 heavy (non-hydrogen) atoms. The summed E-state index contributed by atoms with van der Waals surface area (Å²) >= 11 is 0. The molecule has 0 amide bonds. The van der Waals surface area contributed by atoms with E-state index in [1.165, 1.54) is 162 Å². The second-order valence-corrected chi connectivity index (χ2v) is 17.1. The van der Waals surface area contributed by atoms with Gasteiger partial charge in [-0.05, 0) is 160 Å².